The van der Waals surface area contributed by atoms with Gasteiger partial charge in [0.15, 0.2) is 0 Å². The first-order valence-electron chi connectivity index (χ1n) is 4.13. The maximum Gasteiger partial charge on any atom is 0.0613 e. The number of benzene rings is 1. The number of hydrogen-bond acceptors (Lipinski definition) is 2. The zero-order chi connectivity index (χ0) is 9.42. The summed E-state index contributed by atoms with van der Waals surface area (Å²) in [6, 6.07) is 6.02. The number of thiophene rings is 1. The largest absolute Gasteiger partial charge is 0.133 e. The molecule has 3 heteroatoms. The molecule has 0 N–H and O–H groups in total. The highest BCUT2D eigenvalue weighted by Crippen LogP contribution is 2.37. The first-order valence-corrected chi connectivity index (χ1v) is 5.77. The molecular weight excluding hydrogens is 220 g/mol. The molecule has 0 saturated carbocycles. The van der Waals surface area contributed by atoms with Crippen molar-refractivity contribution in [3.63, 3.8) is 0 Å². The molecule has 68 valence electrons. The van der Waals surface area contributed by atoms with Crippen LogP contribution in [0.5, 0.6) is 0 Å². The van der Waals surface area contributed by atoms with Crippen LogP contribution < -0.4 is 0 Å². The van der Waals surface area contributed by atoms with Gasteiger partial charge in [0, 0.05) is 0 Å². The number of fused-ring (bicyclic) bond motifs is 1. The molecule has 1 heterocycles. The van der Waals surface area contributed by atoms with Crippen molar-refractivity contribution in [3.05, 3.63) is 28.8 Å². The lowest BCUT2D eigenvalue weighted by atomic mass is 10.1. The molecule has 0 nitrogen and oxygen atoms in total. The number of thiol groups is 1. The number of hydrogen-bond donors (Lipinski definition) is 1. The highest BCUT2D eigenvalue weighted by molar-refractivity contribution is 7.83. The van der Waals surface area contributed by atoms with Gasteiger partial charge in [-0.15, -0.1) is 24.0 Å². The predicted molar refractivity (Wildman–Crippen MR) is 63.5 cm³/mol. The lowest BCUT2D eigenvalue weighted by molar-refractivity contribution is 1.13. The van der Waals surface area contributed by atoms with Gasteiger partial charge in [0.2, 0.25) is 0 Å². The summed E-state index contributed by atoms with van der Waals surface area (Å²) in [5, 5.41) is 2.09. The Morgan fingerprint density at radius 2 is 2.23 bits per heavy atom. The molecule has 0 aliphatic carbocycles. The van der Waals surface area contributed by atoms with E-state index in [4.69, 9.17) is 11.6 Å². The third-order valence-electron chi connectivity index (χ3n) is 2.10. The van der Waals surface area contributed by atoms with Crippen LogP contribution in [0.25, 0.3) is 10.1 Å². The molecule has 2 aromatic rings. The van der Waals surface area contributed by atoms with E-state index in [9.17, 15) is 0 Å². The van der Waals surface area contributed by atoms with Gasteiger partial charge >= 0.3 is 0 Å². The summed E-state index contributed by atoms with van der Waals surface area (Å²) < 4.78 is 2.25. The Balaban J connectivity index is 2.86. The number of halogens is 1. The van der Waals surface area contributed by atoms with E-state index in [0.717, 1.165) is 20.4 Å². The van der Waals surface area contributed by atoms with Crippen LogP contribution in [-0.4, -0.2) is 0 Å². The van der Waals surface area contributed by atoms with Gasteiger partial charge in [-0.25, -0.2) is 0 Å². The molecule has 0 unspecified atom stereocenters. The van der Waals surface area contributed by atoms with Crippen LogP contribution in [0.3, 0.4) is 0 Å². The van der Waals surface area contributed by atoms with Crippen LogP contribution in [0.2, 0.25) is 5.02 Å². The Kier molecular flexibility index (Phi) is 2.54. The summed E-state index contributed by atoms with van der Waals surface area (Å²) in [7, 11) is 0. The standard InChI is InChI=1S/C10H9ClS2/c1-2-6-7-4-3-5-8(11)9(7)13-10(6)12/h3-5,12H,2H2,1H3. The molecule has 0 aliphatic rings. The lowest BCUT2D eigenvalue weighted by Crippen LogP contribution is -1.76. The van der Waals surface area contributed by atoms with Gasteiger partial charge < -0.3 is 0 Å². The molecular formula is C10H9ClS2. The van der Waals surface area contributed by atoms with Gasteiger partial charge in [-0.05, 0) is 23.4 Å². The van der Waals surface area contributed by atoms with Crippen LogP contribution in [-0.2, 0) is 6.42 Å². The smallest absolute Gasteiger partial charge is 0.0613 e. The SMILES string of the molecule is CCc1c(S)sc2c(Cl)cccc12. The van der Waals surface area contributed by atoms with Gasteiger partial charge in [0.1, 0.15) is 0 Å². The Morgan fingerprint density at radius 3 is 2.92 bits per heavy atom. The minimum Gasteiger partial charge on any atom is -0.133 e. The van der Waals surface area contributed by atoms with Crippen molar-refractivity contribution in [1.82, 2.24) is 0 Å². The summed E-state index contributed by atoms with van der Waals surface area (Å²) in [4.78, 5) is 0. The van der Waals surface area contributed by atoms with Crippen molar-refractivity contribution in [2.75, 3.05) is 0 Å². The third kappa shape index (κ3) is 1.47. The summed E-state index contributed by atoms with van der Waals surface area (Å²) in [5.74, 6) is 0. The van der Waals surface area contributed by atoms with Gasteiger partial charge in [0.25, 0.3) is 0 Å². The number of aryl methyl sites for hydroxylation is 1. The molecule has 0 fully saturated rings. The highest BCUT2D eigenvalue weighted by atomic mass is 35.5. The van der Waals surface area contributed by atoms with Crippen LogP contribution in [0.4, 0.5) is 0 Å². The molecule has 0 spiro atoms. The zero-order valence-electron chi connectivity index (χ0n) is 7.17. The summed E-state index contributed by atoms with van der Waals surface area (Å²) in [6.07, 6.45) is 1.01. The zero-order valence-corrected chi connectivity index (χ0v) is 9.64. The van der Waals surface area contributed by atoms with Crippen molar-refractivity contribution in [2.45, 2.75) is 17.6 Å². The fourth-order valence-corrected chi connectivity index (χ4v) is 3.35. The van der Waals surface area contributed by atoms with Crippen molar-refractivity contribution in [3.8, 4) is 0 Å². The third-order valence-corrected chi connectivity index (χ3v) is 4.16. The summed E-state index contributed by atoms with van der Waals surface area (Å²) >= 11 is 12.2. The quantitative estimate of drug-likeness (QED) is 0.687. The molecule has 0 amide bonds. The average Bonchev–Trinajstić information content (AvgIpc) is 2.43. The van der Waals surface area contributed by atoms with E-state index < -0.39 is 0 Å². The highest BCUT2D eigenvalue weighted by Gasteiger charge is 2.09. The first kappa shape index (κ1) is 9.38. The minimum atomic E-state index is 0.831. The van der Waals surface area contributed by atoms with Crippen molar-refractivity contribution in [1.29, 1.82) is 0 Å². The monoisotopic (exact) mass is 228 g/mol. The normalized spacial score (nSPS) is 11.0. The molecule has 13 heavy (non-hydrogen) atoms. The van der Waals surface area contributed by atoms with Crippen molar-refractivity contribution >= 4 is 45.7 Å². The molecule has 0 bridgehead atoms. The van der Waals surface area contributed by atoms with E-state index in [-0.39, 0.29) is 0 Å². The van der Waals surface area contributed by atoms with E-state index in [1.54, 1.807) is 11.3 Å². The molecule has 0 radical (unpaired) electrons. The second-order valence-corrected chi connectivity index (χ2v) is 5.03. The summed E-state index contributed by atoms with van der Waals surface area (Å²) in [5.41, 5.74) is 1.31. The van der Waals surface area contributed by atoms with Gasteiger partial charge in [-0.3, -0.25) is 0 Å². The van der Waals surface area contributed by atoms with Gasteiger partial charge in [-0.2, -0.15) is 0 Å². The second-order valence-electron chi connectivity index (χ2n) is 2.86. The Labute approximate surface area is 91.9 Å². The van der Waals surface area contributed by atoms with E-state index in [2.05, 4.69) is 25.6 Å². The van der Waals surface area contributed by atoms with Crippen molar-refractivity contribution in [2.24, 2.45) is 0 Å². The van der Waals surface area contributed by atoms with Crippen molar-refractivity contribution < 1.29 is 0 Å². The minimum absolute atomic E-state index is 0.831. The lowest BCUT2D eigenvalue weighted by Gasteiger charge is -1.95. The van der Waals surface area contributed by atoms with Gasteiger partial charge in [-0.1, -0.05) is 30.7 Å². The number of rotatable bonds is 1. The molecule has 2 rings (SSSR count). The van der Waals surface area contributed by atoms with E-state index in [1.807, 2.05) is 12.1 Å². The maximum atomic E-state index is 6.08. The summed E-state index contributed by atoms with van der Waals surface area (Å²) in [6.45, 7) is 2.14. The predicted octanol–water partition coefficient (Wildman–Crippen LogP) is 4.41. The van der Waals surface area contributed by atoms with Crippen LogP contribution in [0, 0.1) is 0 Å². The topological polar surface area (TPSA) is 0 Å². The van der Waals surface area contributed by atoms with E-state index >= 15 is 0 Å². The van der Waals surface area contributed by atoms with Crippen LogP contribution >= 0.6 is 35.6 Å². The van der Waals surface area contributed by atoms with Crippen LogP contribution in [0.1, 0.15) is 12.5 Å². The Morgan fingerprint density at radius 1 is 1.46 bits per heavy atom. The van der Waals surface area contributed by atoms with Gasteiger partial charge in [0.05, 0.1) is 13.9 Å². The molecule has 0 aliphatic heterocycles. The van der Waals surface area contributed by atoms with Crippen LogP contribution in [0.15, 0.2) is 22.4 Å². The second kappa shape index (κ2) is 3.52. The average molecular weight is 229 g/mol. The maximum absolute atomic E-state index is 6.08. The molecule has 1 aromatic heterocycles. The molecule has 0 atom stereocenters. The molecule has 1 aromatic carbocycles. The fourth-order valence-electron chi connectivity index (χ4n) is 1.47. The molecule has 0 saturated heterocycles. The Bertz CT molecular complexity index is 445. The first-order chi connectivity index (χ1) is 6.24. The van der Waals surface area contributed by atoms with E-state index in [1.165, 1.54) is 10.9 Å². The Hall–Kier alpha value is -0.180. The fraction of sp³-hybridized carbons (Fsp3) is 0.200. The van der Waals surface area contributed by atoms with E-state index in [0.29, 0.717) is 0 Å².